The van der Waals surface area contributed by atoms with Crippen LogP contribution < -0.4 is 11.1 Å². The second-order valence-corrected chi connectivity index (χ2v) is 4.68. The van der Waals surface area contributed by atoms with Crippen molar-refractivity contribution in [3.05, 3.63) is 45.8 Å². The van der Waals surface area contributed by atoms with Gasteiger partial charge in [0.05, 0.1) is 6.20 Å². The summed E-state index contributed by atoms with van der Waals surface area (Å²) in [6.45, 7) is 0.467. The van der Waals surface area contributed by atoms with Crippen LogP contribution in [0.4, 0.5) is 16.2 Å². The molecule has 0 amide bonds. The van der Waals surface area contributed by atoms with Crippen molar-refractivity contribution in [1.82, 2.24) is 9.97 Å². The number of nitrogen functional groups attached to an aromatic ring is 1. The fourth-order valence-electron chi connectivity index (χ4n) is 1.54. The van der Waals surface area contributed by atoms with Crippen LogP contribution in [-0.4, -0.2) is 16.5 Å². The monoisotopic (exact) mass is 300 g/mol. The van der Waals surface area contributed by atoms with Gasteiger partial charge >= 0.3 is 0 Å². The molecule has 0 unspecified atom stereocenters. The summed E-state index contributed by atoms with van der Waals surface area (Å²) in [4.78, 5) is 7.31. The van der Waals surface area contributed by atoms with E-state index in [1.165, 1.54) is 0 Å². The van der Waals surface area contributed by atoms with E-state index in [0.29, 0.717) is 23.0 Å². The topological polar surface area (TPSA) is 63.8 Å². The summed E-state index contributed by atoms with van der Waals surface area (Å²) < 4.78 is 13.3. The van der Waals surface area contributed by atoms with Gasteiger partial charge in [-0.05, 0) is 24.1 Å². The van der Waals surface area contributed by atoms with Crippen molar-refractivity contribution in [2.24, 2.45) is 0 Å². The lowest BCUT2D eigenvalue weighted by molar-refractivity contribution is 0.617. The molecule has 0 spiro atoms. The van der Waals surface area contributed by atoms with Crippen molar-refractivity contribution in [2.75, 3.05) is 17.6 Å². The average Bonchev–Trinajstić information content (AvgIpc) is 2.36. The van der Waals surface area contributed by atoms with Crippen molar-refractivity contribution < 1.29 is 4.39 Å². The van der Waals surface area contributed by atoms with Gasteiger partial charge in [0.25, 0.3) is 0 Å². The fraction of sp³-hybridized carbons (Fsp3) is 0.167. The maximum absolute atomic E-state index is 13.3. The van der Waals surface area contributed by atoms with E-state index in [-0.39, 0.29) is 11.8 Å². The predicted molar refractivity (Wildman–Crippen MR) is 75.1 cm³/mol. The molecular formula is C12H11Cl2FN4. The summed E-state index contributed by atoms with van der Waals surface area (Å²) in [5.41, 5.74) is 6.30. The van der Waals surface area contributed by atoms with E-state index in [2.05, 4.69) is 15.3 Å². The Bertz CT molecular complexity index is 592. The van der Waals surface area contributed by atoms with Crippen LogP contribution in [0.2, 0.25) is 10.0 Å². The SMILES string of the molecule is Nc1ncc(F)c(NCCc2ccc(Cl)cc2Cl)n1. The molecule has 0 aliphatic heterocycles. The van der Waals surface area contributed by atoms with Crippen molar-refractivity contribution in [3.8, 4) is 0 Å². The van der Waals surface area contributed by atoms with Gasteiger partial charge in [0.1, 0.15) is 0 Å². The van der Waals surface area contributed by atoms with E-state index in [1.807, 2.05) is 6.07 Å². The van der Waals surface area contributed by atoms with Gasteiger partial charge < -0.3 is 11.1 Å². The number of nitrogens with two attached hydrogens (primary N) is 1. The predicted octanol–water partition coefficient (Wildman–Crippen LogP) is 3.16. The minimum Gasteiger partial charge on any atom is -0.368 e. The van der Waals surface area contributed by atoms with Crippen LogP contribution in [0, 0.1) is 5.82 Å². The van der Waals surface area contributed by atoms with E-state index in [0.717, 1.165) is 11.8 Å². The third-order valence-electron chi connectivity index (χ3n) is 2.46. The maximum atomic E-state index is 13.3. The minimum absolute atomic E-state index is 0.0217. The number of rotatable bonds is 4. The van der Waals surface area contributed by atoms with Crippen LogP contribution in [0.3, 0.4) is 0 Å². The Morgan fingerprint density at radius 1 is 1.32 bits per heavy atom. The number of benzene rings is 1. The highest BCUT2D eigenvalue weighted by Gasteiger charge is 2.06. The van der Waals surface area contributed by atoms with Gasteiger partial charge in [0.2, 0.25) is 5.95 Å². The summed E-state index contributed by atoms with van der Waals surface area (Å²) in [7, 11) is 0. The van der Waals surface area contributed by atoms with E-state index >= 15 is 0 Å². The molecule has 2 aromatic rings. The molecule has 1 heterocycles. The number of hydrogen-bond acceptors (Lipinski definition) is 4. The molecule has 3 N–H and O–H groups in total. The summed E-state index contributed by atoms with van der Waals surface area (Å²) in [5, 5.41) is 4.01. The molecule has 100 valence electrons. The third kappa shape index (κ3) is 3.68. The molecule has 1 aromatic carbocycles. The smallest absolute Gasteiger partial charge is 0.222 e. The lowest BCUT2D eigenvalue weighted by atomic mass is 10.1. The lowest BCUT2D eigenvalue weighted by Gasteiger charge is -2.08. The molecule has 19 heavy (non-hydrogen) atoms. The molecule has 0 saturated carbocycles. The highest BCUT2D eigenvalue weighted by atomic mass is 35.5. The Labute approximate surface area is 119 Å². The zero-order chi connectivity index (χ0) is 13.8. The molecule has 0 saturated heterocycles. The molecule has 0 fully saturated rings. The number of halogens is 3. The van der Waals surface area contributed by atoms with Gasteiger partial charge in [-0.25, -0.2) is 9.37 Å². The van der Waals surface area contributed by atoms with Crippen LogP contribution in [0.5, 0.6) is 0 Å². The van der Waals surface area contributed by atoms with E-state index in [4.69, 9.17) is 28.9 Å². The Kier molecular flexibility index (Phi) is 4.39. The number of nitrogens with one attached hydrogen (secondary N) is 1. The quantitative estimate of drug-likeness (QED) is 0.910. The molecule has 7 heteroatoms. The largest absolute Gasteiger partial charge is 0.368 e. The first-order valence-corrected chi connectivity index (χ1v) is 6.27. The van der Waals surface area contributed by atoms with Gasteiger partial charge in [-0.15, -0.1) is 0 Å². The Morgan fingerprint density at radius 2 is 2.11 bits per heavy atom. The Hall–Kier alpha value is -1.59. The summed E-state index contributed by atoms with van der Waals surface area (Å²) in [5.74, 6) is -0.442. The number of anilines is 2. The third-order valence-corrected chi connectivity index (χ3v) is 3.05. The van der Waals surface area contributed by atoms with E-state index in [9.17, 15) is 4.39 Å². The van der Waals surface area contributed by atoms with Gasteiger partial charge in [0, 0.05) is 16.6 Å². The highest BCUT2D eigenvalue weighted by Crippen LogP contribution is 2.21. The van der Waals surface area contributed by atoms with Crippen molar-refractivity contribution in [3.63, 3.8) is 0 Å². The van der Waals surface area contributed by atoms with Crippen LogP contribution in [-0.2, 0) is 6.42 Å². The lowest BCUT2D eigenvalue weighted by Crippen LogP contribution is -2.10. The summed E-state index contributed by atoms with van der Waals surface area (Å²) >= 11 is 11.8. The number of nitrogens with zero attached hydrogens (tertiary/aromatic N) is 2. The van der Waals surface area contributed by atoms with Gasteiger partial charge in [-0.2, -0.15) is 4.98 Å². The molecule has 2 rings (SSSR count). The molecule has 0 radical (unpaired) electrons. The standard InChI is InChI=1S/C12H11Cl2FN4/c13-8-2-1-7(9(14)5-8)3-4-17-11-10(15)6-18-12(16)19-11/h1-2,5-6H,3-4H2,(H3,16,17,18,19). The molecule has 0 aliphatic carbocycles. The molecule has 4 nitrogen and oxygen atoms in total. The average molecular weight is 301 g/mol. The Morgan fingerprint density at radius 3 is 2.84 bits per heavy atom. The molecule has 0 aliphatic rings. The maximum Gasteiger partial charge on any atom is 0.222 e. The first kappa shape index (κ1) is 13.8. The summed E-state index contributed by atoms with van der Waals surface area (Å²) in [6.07, 6.45) is 1.64. The number of aromatic nitrogens is 2. The second-order valence-electron chi connectivity index (χ2n) is 3.84. The van der Waals surface area contributed by atoms with Crippen LogP contribution in [0.25, 0.3) is 0 Å². The van der Waals surface area contributed by atoms with Gasteiger partial charge in [-0.1, -0.05) is 29.3 Å². The van der Waals surface area contributed by atoms with Gasteiger partial charge in [-0.3, -0.25) is 0 Å². The van der Waals surface area contributed by atoms with Crippen molar-refractivity contribution in [1.29, 1.82) is 0 Å². The Balaban J connectivity index is 1.98. The van der Waals surface area contributed by atoms with Crippen molar-refractivity contribution >= 4 is 35.0 Å². The fourth-order valence-corrected chi connectivity index (χ4v) is 2.05. The summed E-state index contributed by atoms with van der Waals surface area (Å²) in [6, 6.07) is 5.25. The van der Waals surface area contributed by atoms with E-state index in [1.54, 1.807) is 12.1 Å². The van der Waals surface area contributed by atoms with Crippen LogP contribution in [0.1, 0.15) is 5.56 Å². The van der Waals surface area contributed by atoms with Crippen LogP contribution >= 0.6 is 23.2 Å². The van der Waals surface area contributed by atoms with Gasteiger partial charge in [0.15, 0.2) is 11.6 Å². The highest BCUT2D eigenvalue weighted by molar-refractivity contribution is 6.35. The molecule has 1 aromatic heterocycles. The zero-order valence-electron chi connectivity index (χ0n) is 9.83. The van der Waals surface area contributed by atoms with Crippen molar-refractivity contribution in [2.45, 2.75) is 6.42 Å². The molecule has 0 atom stereocenters. The second kappa shape index (κ2) is 6.04. The first-order chi connectivity index (χ1) is 9.06. The molecular weight excluding hydrogens is 290 g/mol. The molecule has 0 bridgehead atoms. The zero-order valence-corrected chi connectivity index (χ0v) is 11.3. The van der Waals surface area contributed by atoms with Crippen LogP contribution in [0.15, 0.2) is 24.4 Å². The van der Waals surface area contributed by atoms with E-state index < -0.39 is 5.82 Å². The number of hydrogen-bond donors (Lipinski definition) is 2. The first-order valence-electron chi connectivity index (χ1n) is 5.52. The minimum atomic E-state index is -0.545. The normalized spacial score (nSPS) is 10.5.